The van der Waals surface area contributed by atoms with Crippen molar-refractivity contribution < 1.29 is 90.7 Å². The number of aromatic nitrogens is 4. The Hall–Kier alpha value is -7.97. The van der Waals surface area contributed by atoms with Gasteiger partial charge in [-0.25, -0.2) is 37.3 Å². The van der Waals surface area contributed by atoms with Crippen LogP contribution in [0.5, 0.6) is 0 Å². The average molecular weight is 1180 g/mol. The van der Waals surface area contributed by atoms with Crippen LogP contribution >= 0.6 is 0 Å². The molecule has 0 unspecified atom stereocenters. The van der Waals surface area contributed by atoms with Crippen LogP contribution in [0.2, 0.25) is 0 Å². The molecule has 0 atom stereocenters. The zero-order valence-electron chi connectivity index (χ0n) is 40.5. The minimum atomic E-state index is -4.94. The van der Waals surface area contributed by atoms with Gasteiger partial charge in [-0.3, -0.25) is 49.7 Å². The van der Waals surface area contributed by atoms with Crippen molar-refractivity contribution in [1.82, 2.24) is 19.9 Å². The van der Waals surface area contributed by atoms with E-state index in [-0.39, 0.29) is 33.0 Å². The Morgan fingerprint density at radius 2 is 0.462 bits per heavy atom. The van der Waals surface area contributed by atoms with E-state index in [4.69, 9.17) is 79.4 Å². The zero-order chi connectivity index (χ0) is 55.3. The monoisotopic (exact) mass is 1180 g/mol. The number of nitrogens with zero attached hydrogens (tertiary/aromatic N) is 14. The molecule has 0 aliphatic rings. The summed E-state index contributed by atoms with van der Waals surface area (Å²) < 4.78 is 67.9. The van der Waals surface area contributed by atoms with E-state index in [2.05, 4.69) is 68.5 Å². The van der Waals surface area contributed by atoms with Crippen molar-refractivity contribution in [2.75, 3.05) is 26.2 Å². The van der Waals surface area contributed by atoms with Crippen molar-refractivity contribution in [1.29, 1.82) is 0 Å². The molecule has 22 nitrogen and oxygen atoms in total. The minimum Gasteiger partial charge on any atom is -0.373 e. The number of halogens is 2. The van der Waals surface area contributed by atoms with E-state index in [0.29, 0.717) is 26.2 Å². The molecule has 4 aromatic heterocycles. The third-order valence-electron chi connectivity index (χ3n) is 9.10. The quantitative estimate of drug-likeness (QED) is 0.0376. The van der Waals surface area contributed by atoms with Crippen LogP contribution in [0, 0.1) is 20.5 Å². The Morgan fingerprint density at radius 1 is 0.308 bits per heavy atom. The molecule has 8 aromatic rings. The van der Waals surface area contributed by atoms with Crippen molar-refractivity contribution in [2.45, 2.75) is 0 Å². The average Bonchev–Trinajstić information content (AvgIpc) is 3.43. The summed E-state index contributed by atoms with van der Waals surface area (Å²) in [4.78, 5) is 40.4. The number of benzene rings is 4. The topological polar surface area (TPSA) is 403 Å². The fourth-order valence-electron chi connectivity index (χ4n) is 6.32. The molecule has 0 fully saturated rings. The third-order valence-corrected chi connectivity index (χ3v) is 9.10. The maximum atomic E-state index is 8.49. The van der Waals surface area contributed by atoms with E-state index in [1.54, 1.807) is 24.8 Å². The van der Waals surface area contributed by atoms with Crippen molar-refractivity contribution >= 4 is 22.8 Å². The number of hydrogen-bond donors (Lipinski definition) is 0. The molecule has 0 N–H and O–H groups in total. The Balaban J connectivity index is 0.000000600. The maximum Gasteiger partial charge on any atom is 2.00 e. The van der Waals surface area contributed by atoms with Gasteiger partial charge in [0.25, 0.3) is 0 Å². The molecule has 0 aliphatic heterocycles. The largest absolute Gasteiger partial charge is 2.00 e. The van der Waals surface area contributed by atoms with Crippen molar-refractivity contribution in [3.63, 3.8) is 0 Å². The summed E-state index contributed by atoms with van der Waals surface area (Å²) in [5, 5.41) is 0. The fourth-order valence-corrected chi connectivity index (χ4v) is 6.32. The molecule has 78 heavy (non-hydrogen) atoms. The van der Waals surface area contributed by atoms with Crippen LogP contribution in [0.25, 0.3) is 31.9 Å². The molecule has 4 heterocycles. The molecule has 0 amide bonds. The van der Waals surface area contributed by atoms with Crippen LogP contribution in [0.3, 0.4) is 0 Å². The molecule has 0 bridgehead atoms. The van der Waals surface area contributed by atoms with Gasteiger partial charge < -0.3 is 22.1 Å². The summed E-state index contributed by atoms with van der Waals surface area (Å²) in [6.07, 6.45) is 7.17. The second-order valence-electron chi connectivity index (χ2n) is 14.2. The van der Waals surface area contributed by atoms with E-state index < -0.39 is 20.5 Å². The Kier molecular flexibility index (Phi) is 34.4. The summed E-state index contributed by atoms with van der Waals surface area (Å²) in [6.45, 7) is 2.24. The Bertz CT molecular complexity index is 2490. The number of hydrogen-bond acceptors (Lipinski definition) is 16. The maximum absolute atomic E-state index is 8.49. The normalized spacial score (nSPS) is 11.0. The van der Waals surface area contributed by atoms with Crippen LogP contribution in [0.1, 0.15) is 45.0 Å². The molecule has 0 spiro atoms. The Morgan fingerprint density at radius 3 is 0.603 bits per heavy atom. The standard InChI is InChI=1S/2C26H22N4.2ClHO4.2N3.2Ni/c2*1-3-11-21(12-4-1)25(23-15-7-9-17-27-23)29-19-20-30-26(22-13-5-2-6-14-22)24-16-8-10-18-28-24;2*2-1(3,4)5;2*1-3-2;;/h2*1-18H,19-20H2;2*(H,2,3,4,5);;;;/q;;;;2*-1;2*+2/p-2. The second-order valence-corrected chi connectivity index (χ2v) is 15.7. The first-order valence-corrected chi connectivity index (χ1v) is 24.4. The smallest absolute Gasteiger partial charge is 0.373 e. The van der Waals surface area contributed by atoms with Gasteiger partial charge in [-0.1, -0.05) is 146 Å². The molecule has 0 saturated carbocycles. The molecule has 4 aromatic carbocycles. The van der Waals surface area contributed by atoms with Gasteiger partial charge in [-0.15, -0.1) is 20.5 Å². The predicted molar refractivity (Wildman–Crippen MR) is 265 cm³/mol. The van der Waals surface area contributed by atoms with Crippen LogP contribution in [0.4, 0.5) is 0 Å². The SMILES string of the molecule is [N-]=[N+]=[N-].[N-]=[N+]=[N-].[Ni+2].[Ni+2].[O-][Cl+3]([O-])([O-])[O-].[O-][Cl+3]([O-])([O-])[O-].c1ccc(C(=NCCN=C(c2ccccc2)c2ccccn2)c2ccccn2)cc1.c1ccc(C(=NCCN=C(c2ccccc2)c2ccccn2)c2ccccn2)cc1. The van der Waals surface area contributed by atoms with Crippen molar-refractivity contribution in [2.24, 2.45) is 20.0 Å². The molecule has 26 heteroatoms. The third kappa shape index (κ3) is 29.4. The summed E-state index contributed by atoms with van der Waals surface area (Å²) >= 11 is 0. The number of aliphatic imine (C=N–C) groups is 4. The molecule has 404 valence electrons. The molecule has 0 radical (unpaired) electrons. The van der Waals surface area contributed by atoms with Crippen LogP contribution in [-0.4, -0.2) is 69.0 Å². The minimum absolute atomic E-state index is 0. The molecule has 0 aliphatic carbocycles. The van der Waals surface area contributed by atoms with Gasteiger partial charge in [0.05, 0.1) is 71.8 Å². The summed E-state index contributed by atoms with van der Waals surface area (Å²) in [7, 11) is -9.89. The van der Waals surface area contributed by atoms with Gasteiger partial charge in [-0.05, 0) is 48.5 Å². The van der Waals surface area contributed by atoms with Crippen molar-refractivity contribution in [3.8, 4) is 0 Å². The first-order valence-electron chi connectivity index (χ1n) is 21.9. The molecule has 0 saturated heterocycles. The second kappa shape index (κ2) is 39.4. The summed E-state index contributed by atoms with van der Waals surface area (Å²) in [6, 6.07) is 64.1. The van der Waals surface area contributed by atoms with Crippen molar-refractivity contribution in [3.05, 3.63) is 296 Å². The first-order chi connectivity index (χ1) is 36.7. The van der Waals surface area contributed by atoms with Crippen LogP contribution < -0.4 is 37.3 Å². The number of rotatable bonds is 14. The van der Waals surface area contributed by atoms with Crippen LogP contribution in [-0.2, 0) is 33.0 Å². The van der Waals surface area contributed by atoms with E-state index in [1.807, 2.05) is 146 Å². The van der Waals surface area contributed by atoms with E-state index in [1.165, 1.54) is 9.82 Å². The summed E-state index contributed by atoms with van der Waals surface area (Å²) in [5.74, 6) is 0. The van der Waals surface area contributed by atoms with Gasteiger partial charge in [0, 0.05) is 47.0 Å². The number of pyridine rings is 4. The predicted octanol–water partition coefficient (Wildman–Crippen LogP) is 1.92. The van der Waals surface area contributed by atoms with Gasteiger partial charge in [0.2, 0.25) is 0 Å². The van der Waals surface area contributed by atoms with Gasteiger partial charge in [-0.2, -0.15) is 0 Å². The first kappa shape index (κ1) is 68.0. The van der Waals surface area contributed by atoms with E-state index >= 15 is 0 Å². The molecule has 8 rings (SSSR count). The fraction of sp³-hybridized carbons (Fsp3) is 0.0769. The van der Waals surface area contributed by atoms with Gasteiger partial charge in [0.15, 0.2) is 0 Å². The zero-order valence-corrected chi connectivity index (χ0v) is 44.0. The van der Waals surface area contributed by atoms with E-state index in [9.17, 15) is 0 Å². The Labute approximate surface area is 472 Å². The van der Waals surface area contributed by atoms with Crippen LogP contribution in [0.15, 0.2) is 239 Å². The molecular weight excluding hydrogens is 1140 g/mol. The molecular formula is C52H44Cl2N14Ni2O8. The van der Waals surface area contributed by atoms with Gasteiger partial charge >= 0.3 is 33.0 Å². The van der Waals surface area contributed by atoms with E-state index in [0.717, 1.165) is 67.9 Å². The van der Waals surface area contributed by atoms with Gasteiger partial charge in [0.1, 0.15) is 0 Å². The summed E-state index contributed by atoms with van der Waals surface area (Å²) in [5.41, 5.74) is 38.2.